The topological polar surface area (TPSA) is 46.3 Å². The van der Waals surface area contributed by atoms with Crippen molar-refractivity contribution in [2.75, 3.05) is 13.1 Å². The standard InChI is InChI=1S/C10H18N2O.ClH/c1-7(2)8-5-12(6-8)9(13)10(11)3-4-10;/h7-8H,3-6,11H2,1-2H3;1H. The van der Waals surface area contributed by atoms with E-state index < -0.39 is 5.54 Å². The summed E-state index contributed by atoms with van der Waals surface area (Å²) in [4.78, 5) is 13.6. The Hall–Kier alpha value is -0.280. The van der Waals surface area contributed by atoms with Crippen molar-refractivity contribution >= 4 is 18.3 Å². The number of rotatable bonds is 2. The summed E-state index contributed by atoms with van der Waals surface area (Å²) in [5.74, 6) is 1.58. The molecule has 0 radical (unpaired) electrons. The Labute approximate surface area is 91.4 Å². The highest BCUT2D eigenvalue weighted by atomic mass is 35.5. The molecule has 0 bridgehead atoms. The van der Waals surface area contributed by atoms with E-state index in [1.165, 1.54) is 0 Å². The molecule has 1 aliphatic carbocycles. The van der Waals surface area contributed by atoms with Crippen molar-refractivity contribution in [1.29, 1.82) is 0 Å². The van der Waals surface area contributed by atoms with Crippen LogP contribution in [0.5, 0.6) is 0 Å². The van der Waals surface area contributed by atoms with Crippen LogP contribution >= 0.6 is 12.4 Å². The van der Waals surface area contributed by atoms with Crippen LogP contribution in [0.1, 0.15) is 26.7 Å². The fourth-order valence-corrected chi connectivity index (χ4v) is 1.76. The number of hydrogen-bond acceptors (Lipinski definition) is 2. The number of carbonyl (C=O) groups is 1. The van der Waals surface area contributed by atoms with Crippen molar-refractivity contribution in [1.82, 2.24) is 4.90 Å². The monoisotopic (exact) mass is 218 g/mol. The maximum absolute atomic E-state index is 11.7. The molecule has 0 spiro atoms. The van der Waals surface area contributed by atoms with Crippen LogP contribution in [-0.4, -0.2) is 29.4 Å². The molecule has 0 aromatic heterocycles. The van der Waals surface area contributed by atoms with Crippen LogP contribution < -0.4 is 5.73 Å². The van der Waals surface area contributed by atoms with Crippen LogP contribution in [0.4, 0.5) is 0 Å². The third kappa shape index (κ3) is 1.89. The normalized spacial score (nSPS) is 24.1. The molecule has 2 N–H and O–H groups in total. The van der Waals surface area contributed by atoms with Gasteiger partial charge >= 0.3 is 0 Å². The van der Waals surface area contributed by atoms with Crippen LogP contribution in [-0.2, 0) is 4.79 Å². The van der Waals surface area contributed by atoms with Gasteiger partial charge in [0, 0.05) is 13.1 Å². The summed E-state index contributed by atoms with van der Waals surface area (Å²) < 4.78 is 0. The fourth-order valence-electron chi connectivity index (χ4n) is 1.76. The molecule has 4 heteroatoms. The van der Waals surface area contributed by atoms with Gasteiger partial charge in [0.25, 0.3) is 0 Å². The largest absolute Gasteiger partial charge is 0.340 e. The highest BCUT2D eigenvalue weighted by Crippen LogP contribution is 2.36. The molecule has 1 aliphatic heterocycles. The van der Waals surface area contributed by atoms with Gasteiger partial charge in [0.1, 0.15) is 0 Å². The third-order valence-electron chi connectivity index (χ3n) is 3.35. The van der Waals surface area contributed by atoms with Crippen LogP contribution in [0.25, 0.3) is 0 Å². The number of carbonyl (C=O) groups excluding carboxylic acids is 1. The number of hydrogen-bond donors (Lipinski definition) is 1. The van der Waals surface area contributed by atoms with Gasteiger partial charge in [-0.3, -0.25) is 4.79 Å². The zero-order valence-corrected chi connectivity index (χ0v) is 9.64. The summed E-state index contributed by atoms with van der Waals surface area (Å²) in [6, 6.07) is 0. The predicted octanol–water partition coefficient (Wildman–Crippen LogP) is 1.01. The van der Waals surface area contributed by atoms with Gasteiger partial charge in [-0.1, -0.05) is 13.8 Å². The number of amides is 1. The molecule has 2 aliphatic rings. The van der Waals surface area contributed by atoms with Gasteiger partial charge in [-0.25, -0.2) is 0 Å². The van der Waals surface area contributed by atoms with E-state index in [0.29, 0.717) is 11.8 Å². The molecule has 3 nitrogen and oxygen atoms in total. The minimum atomic E-state index is -0.456. The lowest BCUT2D eigenvalue weighted by molar-refractivity contribution is -0.141. The highest BCUT2D eigenvalue weighted by molar-refractivity contribution is 5.89. The molecule has 0 atom stereocenters. The maximum atomic E-state index is 11.7. The van der Waals surface area contributed by atoms with E-state index in [4.69, 9.17) is 5.73 Å². The second kappa shape index (κ2) is 3.70. The van der Waals surface area contributed by atoms with E-state index in [-0.39, 0.29) is 18.3 Å². The quantitative estimate of drug-likeness (QED) is 0.752. The number of likely N-dealkylation sites (tertiary alicyclic amines) is 1. The molecule has 1 saturated heterocycles. The Morgan fingerprint density at radius 3 is 2.29 bits per heavy atom. The molecular weight excluding hydrogens is 200 g/mol. The van der Waals surface area contributed by atoms with Crippen molar-refractivity contribution in [2.45, 2.75) is 32.2 Å². The van der Waals surface area contributed by atoms with Crippen molar-refractivity contribution in [3.05, 3.63) is 0 Å². The summed E-state index contributed by atoms with van der Waals surface area (Å²) in [5, 5.41) is 0. The van der Waals surface area contributed by atoms with Crippen LogP contribution in [0.15, 0.2) is 0 Å². The van der Waals surface area contributed by atoms with Gasteiger partial charge in [-0.05, 0) is 24.7 Å². The summed E-state index contributed by atoms with van der Waals surface area (Å²) in [7, 11) is 0. The van der Waals surface area contributed by atoms with E-state index in [1.807, 2.05) is 4.90 Å². The first-order valence-electron chi connectivity index (χ1n) is 5.11. The van der Waals surface area contributed by atoms with Crippen molar-refractivity contribution < 1.29 is 4.79 Å². The minimum Gasteiger partial charge on any atom is -0.340 e. The van der Waals surface area contributed by atoms with Gasteiger partial charge in [0.15, 0.2) is 0 Å². The van der Waals surface area contributed by atoms with Gasteiger partial charge in [0.2, 0.25) is 5.91 Å². The first-order chi connectivity index (χ1) is 6.03. The average molecular weight is 219 g/mol. The predicted molar refractivity (Wildman–Crippen MR) is 58.3 cm³/mol. The lowest BCUT2D eigenvalue weighted by atomic mass is 9.88. The smallest absolute Gasteiger partial charge is 0.242 e. The lowest BCUT2D eigenvalue weighted by Gasteiger charge is -2.42. The molecule has 2 fully saturated rings. The van der Waals surface area contributed by atoms with Crippen molar-refractivity contribution in [3.63, 3.8) is 0 Å². The Bertz CT molecular complexity index is 232. The van der Waals surface area contributed by atoms with Gasteiger partial charge in [0.05, 0.1) is 5.54 Å². The number of nitrogens with zero attached hydrogens (tertiary/aromatic N) is 1. The zero-order chi connectivity index (χ0) is 9.64. The Balaban J connectivity index is 0.000000980. The molecule has 1 saturated carbocycles. The Kier molecular flexibility index (Phi) is 3.12. The first-order valence-corrected chi connectivity index (χ1v) is 5.11. The fraction of sp³-hybridized carbons (Fsp3) is 0.900. The molecule has 82 valence electrons. The van der Waals surface area contributed by atoms with E-state index in [1.54, 1.807) is 0 Å². The molecule has 1 heterocycles. The van der Waals surface area contributed by atoms with E-state index in [2.05, 4.69) is 13.8 Å². The van der Waals surface area contributed by atoms with Crippen molar-refractivity contribution in [3.8, 4) is 0 Å². The molecular formula is C10H19ClN2O. The second-order valence-electron chi connectivity index (χ2n) is 4.87. The van der Waals surface area contributed by atoms with E-state index in [0.717, 1.165) is 25.9 Å². The molecule has 14 heavy (non-hydrogen) atoms. The van der Waals surface area contributed by atoms with E-state index >= 15 is 0 Å². The zero-order valence-electron chi connectivity index (χ0n) is 8.82. The number of nitrogens with two attached hydrogens (primary N) is 1. The Morgan fingerprint density at radius 2 is 1.93 bits per heavy atom. The van der Waals surface area contributed by atoms with E-state index in [9.17, 15) is 4.79 Å². The summed E-state index contributed by atoms with van der Waals surface area (Å²) >= 11 is 0. The maximum Gasteiger partial charge on any atom is 0.242 e. The van der Waals surface area contributed by atoms with Gasteiger partial charge in [-0.15, -0.1) is 12.4 Å². The van der Waals surface area contributed by atoms with Crippen molar-refractivity contribution in [2.24, 2.45) is 17.6 Å². The van der Waals surface area contributed by atoms with Crippen LogP contribution in [0.2, 0.25) is 0 Å². The SMILES string of the molecule is CC(C)C1CN(C(=O)C2(N)CC2)C1.Cl. The summed E-state index contributed by atoms with van der Waals surface area (Å²) in [5.41, 5.74) is 5.37. The first kappa shape index (κ1) is 11.8. The highest BCUT2D eigenvalue weighted by Gasteiger charge is 2.50. The van der Waals surface area contributed by atoms with Crippen LogP contribution in [0.3, 0.4) is 0 Å². The lowest BCUT2D eigenvalue weighted by Crippen LogP contribution is -2.57. The third-order valence-corrected chi connectivity index (χ3v) is 3.35. The Morgan fingerprint density at radius 1 is 1.43 bits per heavy atom. The van der Waals surface area contributed by atoms with Gasteiger partial charge < -0.3 is 10.6 Å². The summed E-state index contributed by atoms with van der Waals surface area (Å²) in [6.07, 6.45) is 1.77. The molecule has 0 aromatic rings. The molecule has 1 amide bonds. The average Bonchev–Trinajstić information content (AvgIpc) is 2.64. The van der Waals surface area contributed by atoms with Crippen LogP contribution in [0, 0.1) is 11.8 Å². The number of halogens is 1. The second-order valence-corrected chi connectivity index (χ2v) is 4.87. The minimum absolute atomic E-state index is 0. The molecule has 2 rings (SSSR count). The molecule has 0 aromatic carbocycles. The molecule has 0 unspecified atom stereocenters. The van der Waals surface area contributed by atoms with Gasteiger partial charge in [-0.2, -0.15) is 0 Å². The summed E-state index contributed by atoms with van der Waals surface area (Å²) in [6.45, 7) is 6.27.